The van der Waals surface area contributed by atoms with Crippen LogP contribution < -0.4 is 5.73 Å². The third-order valence-corrected chi connectivity index (χ3v) is 4.94. The average molecular weight is 288 g/mol. The van der Waals surface area contributed by atoms with E-state index in [2.05, 4.69) is 24.3 Å². The fourth-order valence-corrected chi connectivity index (χ4v) is 3.48. The van der Waals surface area contributed by atoms with Crippen molar-refractivity contribution < 1.29 is 9.53 Å². The lowest BCUT2D eigenvalue weighted by Gasteiger charge is -2.38. The molecule has 2 heterocycles. The first-order valence-corrected chi connectivity index (χ1v) is 7.89. The fourth-order valence-electron chi connectivity index (χ4n) is 3.48. The fraction of sp³-hybridized carbons (Fsp3) is 0.588. The van der Waals surface area contributed by atoms with Gasteiger partial charge in [0, 0.05) is 32.8 Å². The van der Waals surface area contributed by atoms with Crippen molar-refractivity contribution in [2.75, 3.05) is 26.3 Å². The maximum atomic E-state index is 13.1. The molecule has 2 aliphatic rings. The molecule has 0 spiro atoms. The minimum Gasteiger partial charge on any atom is -0.381 e. The summed E-state index contributed by atoms with van der Waals surface area (Å²) in [5, 5.41) is 0. The molecule has 0 unspecified atom stereocenters. The lowest BCUT2D eigenvalue weighted by atomic mass is 9.78. The van der Waals surface area contributed by atoms with Crippen LogP contribution in [0.25, 0.3) is 0 Å². The van der Waals surface area contributed by atoms with Crippen LogP contribution in [0.1, 0.15) is 30.4 Å². The number of nitrogens with two attached hydrogens (primary N) is 1. The van der Waals surface area contributed by atoms with Gasteiger partial charge in [0.15, 0.2) is 0 Å². The van der Waals surface area contributed by atoms with Crippen molar-refractivity contribution in [3.63, 3.8) is 0 Å². The van der Waals surface area contributed by atoms with Crippen molar-refractivity contribution in [3.8, 4) is 0 Å². The molecule has 1 aromatic rings. The molecular formula is C17H24N2O2. The van der Waals surface area contributed by atoms with E-state index in [9.17, 15) is 4.79 Å². The van der Waals surface area contributed by atoms with Crippen LogP contribution in [0.4, 0.5) is 0 Å². The molecule has 1 amide bonds. The minimum atomic E-state index is -0.405. The first kappa shape index (κ1) is 14.5. The molecule has 0 radical (unpaired) electrons. The van der Waals surface area contributed by atoms with E-state index in [1.807, 2.05) is 4.90 Å². The summed E-state index contributed by atoms with van der Waals surface area (Å²) in [6.45, 7) is 3.27. The normalized spacial score (nSPS) is 21.5. The topological polar surface area (TPSA) is 55.6 Å². The summed E-state index contributed by atoms with van der Waals surface area (Å²) in [6.07, 6.45) is 3.58. The summed E-state index contributed by atoms with van der Waals surface area (Å²) in [6, 6.07) is 8.45. The number of benzene rings is 1. The molecular weight excluding hydrogens is 264 g/mol. The molecule has 4 nitrogen and oxygen atoms in total. The Kier molecular flexibility index (Phi) is 4.27. The van der Waals surface area contributed by atoms with Crippen LogP contribution in [0.3, 0.4) is 0 Å². The molecule has 1 aromatic carbocycles. The number of ether oxygens (including phenoxy) is 1. The number of nitrogens with zero attached hydrogens (tertiary/aromatic N) is 1. The molecule has 114 valence electrons. The number of rotatable bonds is 2. The van der Waals surface area contributed by atoms with Crippen molar-refractivity contribution >= 4 is 5.91 Å². The molecule has 2 aliphatic heterocycles. The molecule has 0 bridgehead atoms. The molecule has 2 N–H and O–H groups in total. The number of carbonyl (C=O) groups excluding carboxylic acids is 1. The Morgan fingerprint density at radius 3 is 2.67 bits per heavy atom. The van der Waals surface area contributed by atoms with Gasteiger partial charge in [-0.15, -0.1) is 0 Å². The maximum Gasteiger partial charge on any atom is 0.230 e. The van der Waals surface area contributed by atoms with Crippen molar-refractivity contribution in [2.45, 2.75) is 32.2 Å². The highest BCUT2D eigenvalue weighted by Crippen LogP contribution is 2.33. The van der Waals surface area contributed by atoms with Gasteiger partial charge in [-0.2, -0.15) is 0 Å². The Labute approximate surface area is 126 Å². The van der Waals surface area contributed by atoms with E-state index >= 15 is 0 Å². The second kappa shape index (κ2) is 6.16. The van der Waals surface area contributed by atoms with Gasteiger partial charge in [0.2, 0.25) is 5.91 Å². The van der Waals surface area contributed by atoms with E-state index in [4.69, 9.17) is 10.5 Å². The van der Waals surface area contributed by atoms with Crippen LogP contribution in [-0.2, 0) is 22.5 Å². The van der Waals surface area contributed by atoms with E-state index in [1.54, 1.807) is 0 Å². The monoisotopic (exact) mass is 288 g/mol. The van der Waals surface area contributed by atoms with Crippen LogP contribution in [0.2, 0.25) is 0 Å². The summed E-state index contributed by atoms with van der Waals surface area (Å²) < 4.78 is 5.42. The zero-order valence-electron chi connectivity index (χ0n) is 12.5. The van der Waals surface area contributed by atoms with Gasteiger partial charge in [0.25, 0.3) is 0 Å². The zero-order chi connectivity index (χ0) is 14.7. The number of hydrogen-bond acceptors (Lipinski definition) is 3. The van der Waals surface area contributed by atoms with Crippen molar-refractivity contribution in [1.29, 1.82) is 0 Å². The summed E-state index contributed by atoms with van der Waals surface area (Å²) >= 11 is 0. The predicted octanol–water partition coefficient (Wildman–Crippen LogP) is 1.72. The van der Waals surface area contributed by atoms with Crippen LogP contribution >= 0.6 is 0 Å². The van der Waals surface area contributed by atoms with Gasteiger partial charge in [-0.25, -0.2) is 0 Å². The molecule has 0 atom stereocenters. The van der Waals surface area contributed by atoms with Crippen molar-refractivity contribution in [2.24, 2.45) is 11.1 Å². The Morgan fingerprint density at radius 2 is 1.95 bits per heavy atom. The van der Waals surface area contributed by atoms with Crippen LogP contribution in [0.5, 0.6) is 0 Å². The van der Waals surface area contributed by atoms with Gasteiger partial charge in [-0.3, -0.25) is 4.79 Å². The quantitative estimate of drug-likeness (QED) is 0.901. The first-order valence-electron chi connectivity index (χ1n) is 7.89. The Hall–Kier alpha value is -1.39. The van der Waals surface area contributed by atoms with E-state index in [0.717, 1.165) is 38.8 Å². The smallest absolute Gasteiger partial charge is 0.230 e. The second-order valence-corrected chi connectivity index (χ2v) is 6.20. The molecule has 0 aromatic heterocycles. The van der Waals surface area contributed by atoms with Crippen molar-refractivity contribution in [1.82, 2.24) is 4.90 Å². The SMILES string of the molecule is NCC1(C(=O)N2CCCc3ccccc3C2)CCOCC1. The van der Waals surface area contributed by atoms with E-state index in [-0.39, 0.29) is 5.91 Å². The van der Waals surface area contributed by atoms with Gasteiger partial charge < -0.3 is 15.4 Å². The van der Waals surface area contributed by atoms with Crippen LogP contribution in [0.15, 0.2) is 24.3 Å². The molecule has 3 rings (SSSR count). The predicted molar refractivity (Wildman–Crippen MR) is 81.7 cm³/mol. The average Bonchev–Trinajstić information content (AvgIpc) is 2.77. The number of fused-ring (bicyclic) bond motifs is 1. The highest BCUT2D eigenvalue weighted by atomic mass is 16.5. The van der Waals surface area contributed by atoms with E-state index in [0.29, 0.717) is 19.8 Å². The van der Waals surface area contributed by atoms with Gasteiger partial charge >= 0.3 is 0 Å². The Morgan fingerprint density at radius 1 is 1.24 bits per heavy atom. The highest BCUT2D eigenvalue weighted by Gasteiger charge is 2.41. The molecule has 1 fully saturated rings. The highest BCUT2D eigenvalue weighted by molar-refractivity contribution is 5.83. The van der Waals surface area contributed by atoms with Crippen LogP contribution in [0, 0.1) is 5.41 Å². The van der Waals surface area contributed by atoms with E-state index < -0.39 is 5.41 Å². The van der Waals surface area contributed by atoms with Gasteiger partial charge in [-0.1, -0.05) is 24.3 Å². The summed E-state index contributed by atoms with van der Waals surface area (Å²) in [7, 11) is 0. The Bertz CT molecular complexity index is 509. The first-order chi connectivity index (χ1) is 10.2. The minimum absolute atomic E-state index is 0.227. The number of aryl methyl sites for hydroxylation is 1. The third-order valence-electron chi connectivity index (χ3n) is 4.94. The third kappa shape index (κ3) is 2.83. The maximum absolute atomic E-state index is 13.1. The van der Waals surface area contributed by atoms with E-state index in [1.165, 1.54) is 11.1 Å². The molecule has 4 heteroatoms. The van der Waals surface area contributed by atoms with Gasteiger partial charge in [0.05, 0.1) is 5.41 Å². The molecule has 0 saturated carbocycles. The molecule has 1 saturated heterocycles. The zero-order valence-corrected chi connectivity index (χ0v) is 12.5. The largest absolute Gasteiger partial charge is 0.381 e. The molecule has 21 heavy (non-hydrogen) atoms. The summed E-state index contributed by atoms with van der Waals surface area (Å²) in [4.78, 5) is 15.1. The number of amides is 1. The molecule has 0 aliphatic carbocycles. The van der Waals surface area contributed by atoms with Crippen molar-refractivity contribution in [3.05, 3.63) is 35.4 Å². The Balaban J connectivity index is 1.81. The van der Waals surface area contributed by atoms with Gasteiger partial charge in [-0.05, 0) is 36.8 Å². The lowest BCUT2D eigenvalue weighted by Crippen LogP contribution is -2.50. The number of hydrogen-bond donors (Lipinski definition) is 1. The van der Waals surface area contributed by atoms with Crippen LogP contribution in [-0.4, -0.2) is 37.1 Å². The summed E-state index contributed by atoms with van der Waals surface area (Å²) in [5.41, 5.74) is 8.23. The second-order valence-electron chi connectivity index (χ2n) is 6.20. The number of carbonyl (C=O) groups is 1. The standard InChI is InChI=1S/C17H24N2O2/c18-13-17(7-10-21-11-8-17)16(20)19-9-3-6-14-4-1-2-5-15(14)12-19/h1-2,4-5H,3,6-13,18H2. The summed E-state index contributed by atoms with van der Waals surface area (Å²) in [5.74, 6) is 0.227. The lowest BCUT2D eigenvalue weighted by molar-refractivity contribution is -0.147. The van der Waals surface area contributed by atoms with Gasteiger partial charge in [0.1, 0.15) is 0 Å².